The molecule has 1 saturated carbocycles. The fourth-order valence-corrected chi connectivity index (χ4v) is 6.90. The fourth-order valence-electron chi connectivity index (χ4n) is 6.71. The molecule has 4 aliphatic rings. The first-order valence-electron chi connectivity index (χ1n) is 15.6. The zero-order valence-corrected chi connectivity index (χ0v) is 27.4. The van der Waals surface area contributed by atoms with Crippen LogP contribution in [0.1, 0.15) is 84.6 Å². The first-order chi connectivity index (χ1) is 21.2. The van der Waals surface area contributed by atoms with Crippen LogP contribution < -0.4 is 10.6 Å². The molecule has 1 spiro atoms. The maximum Gasteiger partial charge on any atom is 0.408 e. The predicted octanol–water partition coefficient (Wildman–Crippen LogP) is 4.66. The molecule has 0 bridgehead atoms. The van der Waals surface area contributed by atoms with Gasteiger partial charge in [-0.2, -0.15) is 0 Å². The molecule has 1 unspecified atom stereocenters. The Hall–Kier alpha value is -3.60. The summed E-state index contributed by atoms with van der Waals surface area (Å²) in [4.78, 5) is 62.0. The van der Waals surface area contributed by atoms with E-state index in [2.05, 4.69) is 15.8 Å². The molecular weight excluding hydrogens is 600 g/mol. The molecule has 12 heteroatoms. The molecule has 1 aliphatic carbocycles. The standard InChI is InChI=1S/C33H43ClN4O7/c1-30(2,3)44-29(42)35-23-14-9-7-6-8-10-15-31(4)19-33(31,28(41)43-5)36-26(39)25-18-32(20-38(25)27(23)40)17-24(37-45-32)21-12-11-13-22(34)16-21/h10-13,15-16,23,25H,6-9,14,17-20H2,1-5H3,(H,35,42)(H,36,39)/b15-10-/t23-,25-,31?,32+,33-/m0/s1. The van der Waals surface area contributed by atoms with Crippen LogP contribution in [0.2, 0.25) is 5.02 Å². The Morgan fingerprint density at radius 1 is 1.20 bits per heavy atom. The number of benzene rings is 1. The number of esters is 1. The molecular formula is C33H43ClN4O7. The lowest BCUT2D eigenvalue weighted by atomic mass is 9.91. The highest BCUT2D eigenvalue weighted by Crippen LogP contribution is 2.58. The van der Waals surface area contributed by atoms with E-state index in [1.807, 2.05) is 31.2 Å². The van der Waals surface area contributed by atoms with Crippen molar-refractivity contribution in [3.05, 3.63) is 47.0 Å². The number of ether oxygens (including phenoxy) is 2. The highest BCUT2D eigenvalue weighted by atomic mass is 35.5. The molecule has 3 heterocycles. The van der Waals surface area contributed by atoms with Crippen molar-refractivity contribution >= 4 is 41.2 Å². The normalized spacial score (nSPS) is 32.6. The third-order valence-electron chi connectivity index (χ3n) is 9.17. The topological polar surface area (TPSA) is 136 Å². The maximum absolute atomic E-state index is 14.3. The number of nitrogens with zero attached hydrogens (tertiary/aromatic N) is 2. The Balaban J connectivity index is 1.47. The number of oxime groups is 1. The van der Waals surface area contributed by atoms with Gasteiger partial charge in [0.15, 0.2) is 5.60 Å². The number of nitrogens with one attached hydrogen (secondary N) is 2. The highest BCUT2D eigenvalue weighted by Gasteiger charge is 2.70. The van der Waals surface area contributed by atoms with Crippen LogP contribution in [0.25, 0.3) is 0 Å². The number of hydrogen-bond acceptors (Lipinski definition) is 8. The lowest BCUT2D eigenvalue weighted by Gasteiger charge is -2.30. The third-order valence-corrected chi connectivity index (χ3v) is 9.41. The molecule has 2 N–H and O–H groups in total. The van der Waals surface area contributed by atoms with Gasteiger partial charge in [0, 0.05) is 28.8 Å². The number of carbonyl (C=O) groups excluding carboxylic acids is 4. The molecule has 1 saturated heterocycles. The number of rotatable bonds is 3. The molecule has 1 aromatic carbocycles. The van der Waals surface area contributed by atoms with Gasteiger partial charge in [0.25, 0.3) is 0 Å². The van der Waals surface area contributed by atoms with Crippen LogP contribution in [0.3, 0.4) is 0 Å². The number of allylic oxidation sites excluding steroid dienone is 1. The second-order valence-electron chi connectivity index (χ2n) is 13.9. The molecule has 45 heavy (non-hydrogen) atoms. The molecule has 5 rings (SSSR count). The van der Waals surface area contributed by atoms with Gasteiger partial charge in [0.2, 0.25) is 11.8 Å². The third kappa shape index (κ3) is 6.83. The number of carbonyl (C=O) groups is 4. The fraction of sp³-hybridized carbons (Fsp3) is 0.606. The maximum atomic E-state index is 14.3. The van der Waals surface area contributed by atoms with E-state index in [-0.39, 0.29) is 13.0 Å². The minimum absolute atomic E-state index is 0.0619. The number of methoxy groups -OCH3 is 1. The van der Waals surface area contributed by atoms with Crippen LogP contribution in [0, 0.1) is 5.41 Å². The van der Waals surface area contributed by atoms with Gasteiger partial charge in [-0.3, -0.25) is 9.59 Å². The monoisotopic (exact) mass is 642 g/mol. The summed E-state index contributed by atoms with van der Waals surface area (Å²) in [6.45, 7) is 7.23. The van der Waals surface area contributed by atoms with E-state index in [1.54, 1.807) is 32.9 Å². The summed E-state index contributed by atoms with van der Waals surface area (Å²) in [7, 11) is 1.30. The number of fused-ring (bicyclic) bond motifs is 2. The summed E-state index contributed by atoms with van der Waals surface area (Å²) in [5.41, 5.74) is -2.19. The van der Waals surface area contributed by atoms with Crippen molar-refractivity contribution in [2.24, 2.45) is 10.6 Å². The highest BCUT2D eigenvalue weighted by molar-refractivity contribution is 6.31. The number of hydrogen-bond donors (Lipinski definition) is 2. The summed E-state index contributed by atoms with van der Waals surface area (Å²) < 4.78 is 10.6. The van der Waals surface area contributed by atoms with E-state index in [4.69, 9.17) is 25.9 Å². The van der Waals surface area contributed by atoms with Gasteiger partial charge >= 0.3 is 12.1 Å². The van der Waals surface area contributed by atoms with Crippen LogP contribution in [0.4, 0.5) is 4.79 Å². The average molecular weight is 643 g/mol. The summed E-state index contributed by atoms with van der Waals surface area (Å²) in [6.07, 6.45) is 7.69. The largest absolute Gasteiger partial charge is 0.467 e. The van der Waals surface area contributed by atoms with Crippen molar-refractivity contribution in [2.75, 3.05) is 13.7 Å². The van der Waals surface area contributed by atoms with Crippen molar-refractivity contribution < 1.29 is 33.5 Å². The van der Waals surface area contributed by atoms with Crippen LogP contribution in [0.15, 0.2) is 41.6 Å². The molecule has 0 radical (unpaired) electrons. The Labute approximate surface area is 269 Å². The van der Waals surface area contributed by atoms with Crippen LogP contribution in [-0.4, -0.2) is 77.0 Å². The van der Waals surface area contributed by atoms with E-state index in [1.165, 1.54) is 12.0 Å². The Kier molecular flexibility index (Phi) is 8.96. The molecule has 3 amide bonds. The van der Waals surface area contributed by atoms with E-state index in [0.717, 1.165) is 24.8 Å². The first-order valence-corrected chi connectivity index (χ1v) is 16.0. The van der Waals surface area contributed by atoms with Crippen LogP contribution in [-0.2, 0) is 28.7 Å². The molecule has 3 aliphatic heterocycles. The molecule has 5 atom stereocenters. The lowest BCUT2D eigenvalue weighted by Crippen LogP contribution is -2.57. The van der Waals surface area contributed by atoms with Gasteiger partial charge in [0.05, 0.1) is 19.4 Å². The first kappa shape index (κ1) is 32.8. The SMILES string of the molecule is COC(=O)[C@@]12CC1(C)/C=C\CCCCC[C@H](NC(=O)OC(C)(C)C)C(=O)N1C[C@@]3(CC(c4cccc(Cl)c4)=NO3)C[C@H]1C(=O)N2. The summed E-state index contributed by atoms with van der Waals surface area (Å²) in [5.74, 6) is -1.45. The average Bonchev–Trinajstić information content (AvgIpc) is 3.26. The Morgan fingerprint density at radius 2 is 1.98 bits per heavy atom. The molecule has 0 aromatic heterocycles. The van der Waals surface area contributed by atoms with Crippen LogP contribution in [0.5, 0.6) is 0 Å². The second-order valence-corrected chi connectivity index (χ2v) is 14.3. The Bertz CT molecular complexity index is 1420. The van der Waals surface area contributed by atoms with Gasteiger partial charge in [-0.05, 0) is 58.6 Å². The minimum atomic E-state index is -1.26. The van der Waals surface area contributed by atoms with E-state index in [9.17, 15) is 19.2 Å². The molecule has 1 aromatic rings. The van der Waals surface area contributed by atoms with Crippen molar-refractivity contribution in [2.45, 2.75) is 108 Å². The molecule has 244 valence electrons. The van der Waals surface area contributed by atoms with Gasteiger partial charge < -0.3 is 29.8 Å². The number of alkyl carbamates (subject to hydrolysis) is 1. The zero-order valence-electron chi connectivity index (χ0n) is 26.6. The summed E-state index contributed by atoms with van der Waals surface area (Å²) in [6, 6.07) is 5.33. The number of amides is 3. The lowest BCUT2D eigenvalue weighted by molar-refractivity contribution is -0.148. The van der Waals surface area contributed by atoms with Crippen molar-refractivity contribution in [1.29, 1.82) is 0 Å². The van der Waals surface area contributed by atoms with Gasteiger partial charge in [0.1, 0.15) is 23.2 Å². The zero-order chi connectivity index (χ0) is 32.6. The quantitative estimate of drug-likeness (QED) is 0.362. The predicted molar refractivity (Wildman–Crippen MR) is 168 cm³/mol. The smallest absolute Gasteiger partial charge is 0.408 e. The van der Waals surface area contributed by atoms with Gasteiger partial charge in [-0.25, -0.2) is 9.59 Å². The summed E-state index contributed by atoms with van der Waals surface area (Å²) >= 11 is 6.23. The van der Waals surface area contributed by atoms with Crippen molar-refractivity contribution in [1.82, 2.24) is 15.5 Å². The molecule has 2 fully saturated rings. The van der Waals surface area contributed by atoms with Gasteiger partial charge in [-0.1, -0.05) is 60.8 Å². The summed E-state index contributed by atoms with van der Waals surface area (Å²) in [5, 5.41) is 10.7. The minimum Gasteiger partial charge on any atom is -0.467 e. The van der Waals surface area contributed by atoms with E-state index >= 15 is 0 Å². The van der Waals surface area contributed by atoms with Gasteiger partial charge in [-0.15, -0.1) is 0 Å². The molecule has 11 nitrogen and oxygen atoms in total. The Morgan fingerprint density at radius 3 is 2.69 bits per heavy atom. The second kappa shape index (κ2) is 12.3. The van der Waals surface area contributed by atoms with Crippen molar-refractivity contribution in [3.8, 4) is 0 Å². The van der Waals surface area contributed by atoms with Crippen molar-refractivity contribution in [3.63, 3.8) is 0 Å². The van der Waals surface area contributed by atoms with E-state index < -0.39 is 58.1 Å². The van der Waals surface area contributed by atoms with E-state index in [0.29, 0.717) is 36.4 Å². The van der Waals surface area contributed by atoms with Crippen LogP contribution >= 0.6 is 11.6 Å². The number of halogens is 1.